The van der Waals surface area contributed by atoms with Gasteiger partial charge in [-0.25, -0.2) is 8.78 Å². The fourth-order valence-corrected chi connectivity index (χ4v) is 4.53. The lowest BCUT2D eigenvalue weighted by molar-refractivity contribution is 0.0230. The number of rotatable bonds is 6. The summed E-state index contributed by atoms with van der Waals surface area (Å²) in [7, 11) is 0. The topological polar surface area (TPSA) is 29.5 Å². The Bertz CT molecular complexity index is 574. The summed E-state index contributed by atoms with van der Waals surface area (Å²) in [4.78, 5) is 0. The molecule has 1 aromatic carbocycles. The van der Waals surface area contributed by atoms with Crippen molar-refractivity contribution >= 4 is 0 Å². The van der Waals surface area contributed by atoms with Crippen molar-refractivity contribution in [2.24, 2.45) is 0 Å². The smallest absolute Gasteiger partial charge is 0.162 e. The molecule has 0 unspecified atom stereocenters. The maximum atomic E-state index is 14.8. The monoisotopic (exact) mass is 366 g/mol. The minimum atomic E-state index is -0.662. The molecule has 2 aliphatic carbocycles. The van der Waals surface area contributed by atoms with Gasteiger partial charge < -0.3 is 9.84 Å². The van der Waals surface area contributed by atoms with E-state index in [1.54, 1.807) is 6.07 Å². The number of unbranched alkanes of at least 4 members (excludes halogenated alkanes) is 1. The maximum Gasteiger partial charge on any atom is 0.162 e. The van der Waals surface area contributed by atoms with Crippen LogP contribution in [0.5, 0.6) is 0 Å². The van der Waals surface area contributed by atoms with Crippen LogP contribution in [-0.4, -0.2) is 23.9 Å². The summed E-state index contributed by atoms with van der Waals surface area (Å²) in [5, 5.41) is 9.62. The van der Waals surface area contributed by atoms with Gasteiger partial charge in [0.15, 0.2) is 11.6 Å². The Labute approximate surface area is 155 Å². The second-order valence-corrected chi connectivity index (χ2v) is 8.08. The summed E-state index contributed by atoms with van der Waals surface area (Å²) in [6, 6.07) is 3.60. The molecule has 1 N–H and O–H groups in total. The van der Waals surface area contributed by atoms with E-state index in [1.165, 1.54) is 0 Å². The van der Waals surface area contributed by atoms with E-state index in [2.05, 4.69) is 6.92 Å². The van der Waals surface area contributed by atoms with Crippen LogP contribution < -0.4 is 0 Å². The first kappa shape index (κ1) is 19.8. The number of aliphatic hydroxyl groups excluding tert-OH is 1. The standard InChI is InChI=1S/C22H32F2O2/c1-2-3-14-26-18-10-6-16(7-11-18)20-13-12-19(21(23)22(20)24)15-4-8-17(25)9-5-15/h12-13,15-18,25H,2-11,14H2,1H3. The molecule has 0 atom stereocenters. The van der Waals surface area contributed by atoms with Crippen molar-refractivity contribution in [1.29, 1.82) is 0 Å². The normalized spacial score (nSPS) is 29.7. The van der Waals surface area contributed by atoms with Crippen LogP contribution in [0.25, 0.3) is 0 Å². The molecule has 2 saturated carbocycles. The average molecular weight is 366 g/mol. The Kier molecular flexibility index (Phi) is 7.05. The van der Waals surface area contributed by atoms with Crippen molar-refractivity contribution in [3.63, 3.8) is 0 Å². The van der Waals surface area contributed by atoms with E-state index < -0.39 is 11.6 Å². The molecule has 26 heavy (non-hydrogen) atoms. The van der Waals surface area contributed by atoms with Crippen LogP contribution >= 0.6 is 0 Å². The van der Waals surface area contributed by atoms with Gasteiger partial charge in [0.25, 0.3) is 0 Å². The summed E-state index contributed by atoms with van der Waals surface area (Å²) >= 11 is 0. The largest absolute Gasteiger partial charge is 0.393 e. The molecule has 2 aliphatic rings. The number of aliphatic hydroxyl groups is 1. The highest BCUT2D eigenvalue weighted by Gasteiger charge is 2.29. The zero-order chi connectivity index (χ0) is 18.5. The zero-order valence-electron chi connectivity index (χ0n) is 15.9. The first-order valence-electron chi connectivity index (χ1n) is 10.4. The molecule has 2 nitrogen and oxygen atoms in total. The number of halogens is 2. The van der Waals surface area contributed by atoms with Crippen molar-refractivity contribution in [1.82, 2.24) is 0 Å². The van der Waals surface area contributed by atoms with E-state index in [0.29, 0.717) is 24.0 Å². The fraction of sp³-hybridized carbons (Fsp3) is 0.727. The molecular weight excluding hydrogens is 334 g/mol. The van der Waals surface area contributed by atoms with Crippen molar-refractivity contribution < 1.29 is 18.6 Å². The van der Waals surface area contributed by atoms with Crippen molar-refractivity contribution in [2.45, 2.75) is 95.2 Å². The molecule has 0 saturated heterocycles. The molecule has 0 amide bonds. The molecule has 146 valence electrons. The lowest BCUT2D eigenvalue weighted by Crippen LogP contribution is -2.22. The molecule has 0 aliphatic heterocycles. The van der Waals surface area contributed by atoms with Crippen LogP contribution in [0.3, 0.4) is 0 Å². The van der Waals surface area contributed by atoms with Crippen molar-refractivity contribution in [3.8, 4) is 0 Å². The molecule has 0 heterocycles. The molecular formula is C22H32F2O2. The lowest BCUT2D eigenvalue weighted by Gasteiger charge is -2.30. The minimum Gasteiger partial charge on any atom is -0.393 e. The number of ether oxygens (including phenoxy) is 1. The van der Waals surface area contributed by atoms with Gasteiger partial charge in [0.1, 0.15) is 0 Å². The second kappa shape index (κ2) is 9.27. The molecule has 0 spiro atoms. The first-order valence-corrected chi connectivity index (χ1v) is 10.4. The van der Waals surface area contributed by atoms with Gasteiger partial charge in [-0.05, 0) is 80.8 Å². The zero-order valence-corrected chi connectivity index (χ0v) is 15.9. The van der Waals surface area contributed by atoms with Gasteiger partial charge in [-0.1, -0.05) is 25.5 Å². The third kappa shape index (κ3) is 4.64. The Balaban J connectivity index is 1.62. The summed E-state index contributed by atoms with van der Waals surface area (Å²) in [5.74, 6) is -1.18. The summed E-state index contributed by atoms with van der Waals surface area (Å²) in [5.41, 5.74) is 1.03. The van der Waals surface area contributed by atoms with Gasteiger partial charge in [0.2, 0.25) is 0 Å². The Hall–Kier alpha value is -1.00. The average Bonchev–Trinajstić information content (AvgIpc) is 2.66. The SMILES string of the molecule is CCCCOC1CCC(c2ccc(C3CCC(O)CC3)c(F)c2F)CC1. The van der Waals surface area contributed by atoms with E-state index in [9.17, 15) is 13.9 Å². The van der Waals surface area contributed by atoms with Gasteiger partial charge >= 0.3 is 0 Å². The van der Waals surface area contributed by atoms with Gasteiger partial charge in [-0.2, -0.15) is 0 Å². The predicted octanol–water partition coefficient (Wildman–Crippen LogP) is 5.83. The third-order valence-electron chi connectivity index (χ3n) is 6.24. The number of hydrogen-bond donors (Lipinski definition) is 1. The van der Waals surface area contributed by atoms with Crippen molar-refractivity contribution in [2.75, 3.05) is 6.61 Å². The number of benzene rings is 1. The fourth-order valence-electron chi connectivity index (χ4n) is 4.53. The van der Waals surface area contributed by atoms with Gasteiger partial charge in [0, 0.05) is 6.61 Å². The Morgan fingerprint density at radius 3 is 1.88 bits per heavy atom. The quantitative estimate of drug-likeness (QED) is 0.642. The highest BCUT2D eigenvalue weighted by Crippen LogP contribution is 2.39. The van der Waals surface area contributed by atoms with Crippen LogP contribution in [0.1, 0.15) is 94.1 Å². The van der Waals surface area contributed by atoms with E-state index in [4.69, 9.17) is 4.74 Å². The summed E-state index contributed by atoms with van der Waals surface area (Å²) < 4.78 is 35.4. The van der Waals surface area contributed by atoms with Gasteiger partial charge in [-0.3, -0.25) is 0 Å². The molecule has 3 rings (SSSR count). The van der Waals surface area contributed by atoms with Crippen LogP contribution in [0.4, 0.5) is 8.78 Å². The molecule has 0 bridgehead atoms. The second-order valence-electron chi connectivity index (χ2n) is 8.08. The Morgan fingerprint density at radius 1 is 0.885 bits per heavy atom. The van der Waals surface area contributed by atoms with Crippen LogP contribution in [0, 0.1) is 11.6 Å². The van der Waals surface area contributed by atoms with Crippen LogP contribution in [0.2, 0.25) is 0 Å². The van der Waals surface area contributed by atoms with Crippen molar-refractivity contribution in [3.05, 3.63) is 34.9 Å². The predicted molar refractivity (Wildman–Crippen MR) is 99.4 cm³/mol. The van der Waals surface area contributed by atoms with Crippen LogP contribution in [-0.2, 0) is 4.74 Å². The van der Waals surface area contributed by atoms with Gasteiger partial charge in [-0.15, -0.1) is 0 Å². The highest BCUT2D eigenvalue weighted by atomic mass is 19.2. The van der Waals surface area contributed by atoms with E-state index >= 15 is 0 Å². The summed E-state index contributed by atoms with van der Waals surface area (Å²) in [6.07, 6.45) is 8.61. The first-order chi connectivity index (χ1) is 12.6. The van der Waals surface area contributed by atoms with Gasteiger partial charge in [0.05, 0.1) is 12.2 Å². The van der Waals surface area contributed by atoms with E-state index in [-0.39, 0.29) is 24.0 Å². The van der Waals surface area contributed by atoms with E-state index in [0.717, 1.165) is 58.0 Å². The molecule has 0 aromatic heterocycles. The molecule has 2 fully saturated rings. The molecule has 0 radical (unpaired) electrons. The van der Waals surface area contributed by atoms with Crippen LogP contribution in [0.15, 0.2) is 12.1 Å². The number of hydrogen-bond acceptors (Lipinski definition) is 2. The summed E-state index contributed by atoms with van der Waals surface area (Å²) in [6.45, 7) is 2.95. The molecule has 4 heteroatoms. The maximum absolute atomic E-state index is 14.8. The van der Waals surface area contributed by atoms with E-state index in [1.807, 2.05) is 6.07 Å². The lowest BCUT2D eigenvalue weighted by atomic mass is 9.79. The Morgan fingerprint density at radius 2 is 1.38 bits per heavy atom. The highest BCUT2D eigenvalue weighted by molar-refractivity contribution is 5.32. The minimum absolute atomic E-state index is 0.0321. The third-order valence-corrected chi connectivity index (χ3v) is 6.24. The molecule has 1 aromatic rings.